The summed E-state index contributed by atoms with van der Waals surface area (Å²) in [6.07, 6.45) is 1.92. The highest BCUT2D eigenvalue weighted by atomic mass is 16.3. The van der Waals surface area contributed by atoms with E-state index in [0.717, 1.165) is 19.4 Å². The summed E-state index contributed by atoms with van der Waals surface area (Å²) < 4.78 is 0. The number of carbonyl (C=O) groups excluding carboxylic acids is 1. The van der Waals surface area contributed by atoms with Crippen molar-refractivity contribution in [1.29, 1.82) is 0 Å². The summed E-state index contributed by atoms with van der Waals surface area (Å²) in [7, 11) is 0. The van der Waals surface area contributed by atoms with E-state index in [1.54, 1.807) is 17.0 Å². The number of phenols is 2. The molecule has 1 aliphatic rings. The number of hydrogen-bond donors (Lipinski definition) is 3. The molecule has 2 rings (SSSR count). The fraction of sp³-hybridized carbons (Fsp3) is 0.562. The average molecular weight is 292 g/mol. The quantitative estimate of drug-likeness (QED) is 0.742. The van der Waals surface area contributed by atoms with E-state index in [4.69, 9.17) is 0 Å². The largest absolute Gasteiger partial charge is 0.504 e. The van der Waals surface area contributed by atoms with Crippen LogP contribution < -0.4 is 5.32 Å². The van der Waals surface area contributed by atoms with Gasteiger partial charge in [-0.25, -0.2) is 0 Å². The van der Waals surface area contributed by atoms with Gasteiger partial charge in [0.2, 0.25) is 0 Å². The van der Waals surface area contributed by atoms with E-state index in [0.29, 0.717) is 25.0 Å². The van der Waals surface area contributed by atoms with Crippen LogP contribution in [0.25, 0.3) is 0 Å². The number of benzene rings is 1. The molecule has 0 saturated carbocycles. The van der Waals surface area contributed by atoms with Crippen molar-refractivity contribution in [2.75, 3.05) is 19.6 Å². The van der Waals surface area contributed by atoms with Gasteiger partial charge in [-0.3, -0.25) is 4.79 Å². The fourth-order valence-corrected chi connectivity index (χ4v) is 3.04. The molecule has 21 heavy (non-hydrogen) atoms. The summed E-state index contributed by atoms with van der Waals surface area (Å²) in [6.45, 7) is 6.51. The van der Waals surface area contributed by atoms with E-state index in [9.17, 15) is 15.0 Å². The lowest BCUT2D eigenvalue weighted by atomic mass is 9.89. The van der Waals surface area contributed by atoms with Gasteiger partial charge in [0, 0.05) is 19.1 Å². The smallest absolute Gasteiger partial charge is 0.257 e. The van der Waals surface area contributed by atoms with Gasteiger partial charge in [0.05, 0.1) is 5.56 Å². The van der Waals surface area contributed by atoms with E-state index >= 15 is 0 Å². The summed E-state index contributed by atoms with van der Waals surface area (Å²) in [6, 6.07) is 4.94. The molecule has 0 spiro atoms. The standard InChI is InChI=1S/C16H24N2O3/c1-3-11-10-18(9-8-13(11)17-4-2)16(21)12-6-5-7-14(19)15(12)20/h5-7,11,13,17,19-20H,3-4,8-10H2,1-2H3. The number of para-hydroxylation sites is 1. The highest BCUT2D eigenvalue weighted by molar-refractivity contribution is 5.97. The van der Waals surface area contributed by atoms with Crippen molar-refractivity contribution in [2.45, 2.75) is 32.7 Å². The third kappa shape index (κ3) is 3.29. The topological polar surface area (TPSA) is 72.8 Å². The van der Waals surface area contributed by atoms with Crippen LogP contribution in [0.3, 0.4) is 0 Å². The van der Waals surface area contributed by atoms with Gasteiger partial charge in [-0.2, -0.15) is 0 Å². The number of nitrogens with zero attached hydrogens (tertiary/aromatic N) is 1. The number of piperidine rings is 1. The van der Waals surface area contributed by atoms with Crippen molar-refractivity contribution in [3.05, 3.63) is 23.8 Å². The SMILES string of the molecule is CCNC1CCN(C(=O)c2cccc(O)c2O)CC1CC. The van der Waals surface area contributed by atoms with Gasteiger partial charge in [-0.15, -0.1) is 0 Å². The molecule has 116 valence electrons. The lowest BCUT2D eigenvalue weighted by Crippen LogP contribution is -2.50. The maximum Gasteiger partial charge on any atom is 0.257 e. The molecule has 0 aromatic heterocycles. The summed E-state index contributed by atoms with van der Waals surface area (Å²) in [5.41, 5.74) is 0.173. The maximum atomic E-state index is 12.5. The fourth-order valence-electron chi connectivity index (χ4n) is 3.04. The lowest BCUT2D eigenvalue weighted by molar-refractivity contribution is 0.0624. The van der Waals surface area contributed by atoms with Crippen LogP contribution in [0.4, 0.5) is 0 Å². The van der Waals surface area contributed by atoms with Gasteiger partial charge >= 0.3 is 0 Å². The summed E-state index contributed by atoms with van der Waals surface area (Å²) in [4.78, 5) is 14.3. The van der Waals surface area contributed by atoms with Crippen LogP contribution in [0.2, 0.25) is 0 Å². The predicted octanol–water partition coefficient (Wildman–Crippen LogP) is 1.95. The Morgan fingerprint density at radius 2 is 2.14 bits per heavy atom. The lowest BCUT2D eigenvalue weighted by Gasteiger charge is -2.38. The first-order chi connectivity index (χ1) is 10.1. The van der Waals surface area contributed by atoms with Crippen LogP contribution in [-0.4, -0.2) is 46.7 Å². The molecule has 2 unspecified atom stereocenters. The van der Waals surface area contributed by atoms with Crippen LogP contribution in [-0.2, 0) is 0 Å². The Hall–Kier alpha value is -1.75. The second-order valence-corrected chi connectivity index (χ2v) is 5.55. The number of phenolic OH excluding ortho intramolecular Hbond substituents is 2. The zero-order chi connectivity index (χ0) is 15.4. The minimum atomic E-state index is -0.329. The van der Waals surface area contributed by atoms with Gasteiger partial charge in [0.25, 0.3) is 5.91 Å². The minimum Gasteiger partial charge on any atom is -0.504 e. The Bertz CT molecular complexity index is 504. The van der Waals surface area contributed by atoms with Crippen LogP contribution in [0, 0.1) is 5.92 Å². The molecular weight excluding hydrogens is 268 g/mol. The molecule has 1 saturated heterocycles. The van der Waals surface area contributed by atoms with Crippen LogP contribution >= 0.6 is 0 Å². The molecule has 1 amide bonds. The first-order valence-electron chi connectivity index (χ1n) is 7.62. The zero-order valence-electron chi connectivity index (χ0n) is 12.7. The van der Waals surface area contributed by atoms with Crippen molar-refractivity contribution in [1.82, 2.24) is 10.2 Å². The summed E-state index contributed by atoms with van der Waals surface area (Å²) in [5, 5.41) is 22.9. The van der Waals surface area contributed by atoms with Gasteiger partial charge < -0.3 is 20.4 Å². The Morgan fingerprint density at radius 1 is 1.38 bits per heavy atom. The van der Waals surface area contributed by atoms with Gasteiger partial charge in [0.15, 0.2) is 11.5 Å². The molecule has 2 atom stereocenters. The predicted molar refractivity (Wildman–Crippen MR) is 81.5 cm³/mol. The van der Waals surface area contributed by atoms with Crippen LogP contribution in [0.15, 0.2) is 18.2 Å². The second kappa shape index (κ2) is 6.80. The highest BCUT2D eigenvalue weighted by Crippen LogP contribution is 2.30. The van der Waals surface area contributed by atoms with E-state index in [1.165, 1.54) is 6.07 Å². The van der Waals surface area contributed by atoms with Crippen LogP contribution in [0.5, 0.6) is 11.5 Å². The molecule has 1 heterocycles. The number of likely N-dealkylation sites (tertiary alicyclic amines) is 1. The van der Waals surface area contributed by atoms with E-state index in [-0.39, 0.29) is 23.0 Å². The molecule has 1 aliphatic heterocycles. The Balaban J connectivity index is 2.12. The Morgan fingerprint density at radius 3 is 2.81 bits per heavy atom. The molecule has 0 aliphatic carbocycles. The van der Waals surface area contributed by atoms with Gasteiger partial charge in [0.1, 0.15) is 0 Å². The minimum absolute atomic E-state index is 0.173. The summed E-state index contributed by atoms with van der Waals surface area (Å²) in [5.74, 6) is -0.376. The molecule has 3 N–H and O–H groups in total. The van der Waals surface area contributed by atoms with E-state index in [1.807, 2.05) is 0 Å². The average Bonchev–Trinajstić information content (AvgIpc) is 2.50. The van der Waals surface area contributed by atoms with Crippen molar-refractivity contribution >= 4 is 5.91 Å². The molecule has 0 bridgehead atoms. The third-order valence-corrected chi connectivity index (χ3v) is 4.26. The molecule has 5 nitrogen and oxygen atoms in total. The van der Waals surface area contributed by atoms with E-state index < -0.39 is 0 Å². The zero-order valence-corrected chi connectivity index (χ0v) is 12.7. The first-order valence-corrected chi connectivity index (χ1v) is 7.62. The number of rotatable bonds is 4. The molecule has 1 aromatic carbocycles. The van der Waals surface area contributed by atoms with Crippen molar-refractivity contribution in [2.24, 2.45) is 5.92 Å². The molecule has 1 aromatic rings. The molecule has 0 radical (unpaired) electrons. The third-order valence-electron chi connectivity index (χ3n) is 4.26. The summed E-state index contributed by atoms with van der Waals surface area (Å²) >= 11 is 0. The van der Waals surface area contributed by atoms with Crippen molar-refractivity contribution in [3.8, 4) is 11.5 Å². The van der Waals surface area contributed by atoms with Gasteiger partial charge in [-0.05, 0) is 31.0 Å². The number of carbonyl (C=O) groups is 1. The van der Waals surface area contributed by atoms with Gasteiger partial charge in [-0.1, -0.05) is 26.3 Å². The van der Waals surface area contributed by atoms with Crippen LogP contribution in [0.1, 0.15) is 37.0 Å². The molecule has 5 heteroatoms. The number of hydrogen-bond acceptors (Lipinski definition) is 4. The van der Waals surface area contributed by atoms with Crippen molar-refractivity contribution < 1.29 is 15.0 Å². The van der Waals surface area contributed by atoms with Crippen molar-refractivity contribution in [3.63, 3.8) is 0 Å². The number of aromatic hydroxyl groups is 2. The Labute approximate surface area is 125 Å². The highest BCUT2D eigenvalue weighted by Gasteiger charge is 2.31. The number of amides is 1. The van der Waals surface area contributed by atoms with E-state index in [2.05, 4.69) is 19.2 Å². The first kappa shape index (κ1) is 15.6. The Kier molecular flexibility index (Phi) is 5.07. The number of nitrogens with one attached hydrogen (secondary N) is 1. The normalized spacial score (nSPS) is 22.3. The maximum absolute atomic E-state index is 12.5. The molecular formula is C16H24N2O3. The molecule has 1 fully saturated rings. The second-order valence-electron chi connectivity index (χ2n) is 5.55. The monoisotopic (exact) mass is 292 g/mol.